The first-order valence-corrected chi connectivity index (χ1v) is 17.5. The van der Waals surface area contributed by atoms with E-state index in [1.165, 1.54) is 25.6 Å². The van der Waals surface area contributed by atoms with E-state index in [9.17, 15) is 0 Å². The molecule has 0 aliphatic rings. The lowest BCUT2D eigenvalue weighted by molar-refractivity contribution is 0.669. The standard InChI is InChI=1S/C45H29N3OS/c1-4-13-32(14-5-1)47(33-15-6-2-7-16-33)39-24-23-38(44-36-27-30-25-26-46-29-31(30)28-42(36)50-45(39)44)48(34-17-8-3-9-18-34)37-20-12-22-41-43(37)35-19-10-11-21-40(35)49-41/h1-29H. The van der Waals surface area contributed by atoms with Gasteiger partial charge in [-0.25, -0.2) is 0 Å². The van der Waals surface area contributed by atoms with Gasteiger partial charge in [-0.3, -0.25) is 4.98 Å². The fraction of sp³-hybridized carbons (Fsp3) is 0. The molecule has 0 aliphatic heterocycles. The lowest BCUT2D eigenvalue weighted by Gasteiger charge is -2.30. The lowest BCUT2D eigenvalue weighted by Crippen LogP contribution is -2.13. The fourth-order valence-electron chi connectivity index (χ4n) is 7.30. The minimum absolute atomic E-state index is 0.866. The number of para-hydroxylation sites is 4. The molecular formula is C45H29N3OS. The van der Waals surface area contributed by atoms with Gasteiger partial charge in [0.1, 0.15) is 11.2 Å². The second kappa shape index (κ2) is 11.6. The van der Waals surface area contributed by atoms with Crippen LogP contribution in [0.25, 0.3) is 52.9 Å². The average Bonchev–Trinajstić information content (AvgIpc) is 3.75. The number of aromatic nitrogens is 1. The van der Waals surface area contributed by atoms with Crippen molar-refractivity contribution in [2.75, 3.05) is 9.80 Å². The summed E-state index contributed by atoms with van der Waals surface area (Å²) in [5.41, 5.74) is 8.34. The first kappa shape index (κ1) is 28.6. The molecule has 10 aromatic rings. The van der Waals surface area contributed by atoms with Crippen molar-refractivity contribution < 1.29 is 4.42 Å². The predicted octanol–water partition coefficient (Wildman–Crippen LogP) is 13.4. The number of hydrogen-bond donors (Lipinski definition) is 0. The molecule has 0 spiro atoms. The summed E-state index contributed by atoms with van der Waals surface area (Å²) in [5.74, 6) is 0. The highest BCUT2D eigenvalue weighted by molar-refractivity contribution is 7.26. The van der Waals surface area contributed by atoms with Crippen LogP contribution in [0.3, 0.4) is 0 Å². The number of hydrogen-bond acceptors (Lipinski definition) is 5. The van der Waals surface area contributed by atoms with Gasteiger partial charge in [0.2, 0.25) is 0 Å². The lowest BCUT2D eigenvalue weighted by atomic mass is 10.0. The average molecular weight is 660 g/mol. The van der Waals surface area contributed by atoms with E-state index < -0.39 is 0 Å². The smallest absolute Gasteiger partial charge is 0.137 e. The molecule has 5 heteroatoms. The van der Waals surface area contributed by atoms with Crippen LogP contribution in [0.1, 0.15) is 0 Å². The number of rotatable bonds is 6. The Bertz CT molecular complexity index is 2790. The van der Waals surface area contributed by atoms with E-state index in [2.05, 4.69) is 166 Å². The Hall–Kier alpha value is -6.43. The Balaban J connectivity index is 1.34. The van der Waals surface area contributed by atoms with E-state index in [1.807, 2.05) is 35.9 Å². The third-order valence-electron chi connectivity index (χ3n) is 9.48. The van der Waals surface area contributed by atoms with Crippen molar-refractivity contribution >= 4 is 98.3 Å². The highest BCUT2D eigenvalue weighted by Crippen LogP contribution is 2.52. The van der Waals surface area contributed by atoms with Gasteiger partial charge in [-0.2, -0.15) is 0 Å². The number of benzene rings is 7. The SMILES string of the molecule is c1ccc(N(c2ccccc2)c2ccc(N(c3ccccc3)c3cccc4oc5ccccc5c34)c3c2sc2cc4cnccc4cc23)cc1. The Morgan fingerprint density at radius 1 is 0.460 bits per heavy atom. The second-order valence-corrected chi connectivity index (χ2v) is 13.5. The van der Waals surface area contributed by atoms with Gasteiger partial charge < -0.3 is 14.2 Å². The Morgan fingerprint density at radius 3 is 1.82 bits per heavy atom. The van der Waals surface area contributed by atoms with Gasteiger partial charge in [0.05, 0.1) is 27.1 Å². The topological polar surface area (TPSA) is 32.5 Å². The number of nitrogens with zero attached hydrogens (tertiary/aromatic N) is 3. The highest BCUT2D eigenvalue weighted by atomic mass is 32.1. The molecule has 50 heavy (non-hydrogen) atoms. The molecule has 0 aliphatic carbocycles. The summed E-state index contributed by atoms with van der Waals surface area (Å²) in [4.78, 5) is 9.24. The van der Waals surface area contributed by atoms with Crippen molar-refractivity contribution in [2.24, 2.45) is 0 Å². The van der Waals surface area contributed by atoms with Gasteiger partial charge in [0, 0.05) is 55.7 Å². The van der Waals surface area contributed by atoms with E-state index in [-0.39, 0.29) is 0 Å². The molecule has 0 N–H and O–H groups in total. The van der Waals surface area contributed by atoms with E-state index >= 15 is 0 Å². The van der Waals surface area contributed by atoms with Crippen LogP contribution in [0.15, 0.2) is 181 Å². The van der Waals surface area contributed by atoms with Crippen molar-refractivity contribution in [1.82, 2.24) is 4.98 Å². The molecule has 3 aromatic heterocycles. The minimum atomic E-state index is 0.866. The molecule has 7 aromatic carbocycles. The fourth-order valence-corrected chi connectivity index (χ4v) is 8.56. The predicted molar refractivity (Wildman–Crippen MR) is 211 cm³/mol. The normalized spacial score (nSPS) is 11.6. The van der Waals surface area contributed by atoms with Crippen LogP contribution in [0.5, 0.6) is 0 Å². The summed E-state index contributed by atoms with van der Waals surface area (Å²) < 4.78 is 8.84. The quantitative estimate of drug-likeness (QED) is 0.178. The zero-order valence-corrected chi connectivity index (χ0v) is 27.7. The van der Waals surface area contributed by atoms with Crippen molar-refractivity contribution in [1.29, 1.82) is 0 Å². The molecule has 4 nitrogen and oxygen atoms in total. The van der Waals surface area contributed by atoms with E-state index in [0.717, 1.165) is 61.4 Å². The summed E-state index contributed by atoms with van der Waals surface area (Å²) >= 11 is 1.84. The Kier molecular flexibility index (Phi) is 6.64. The van der Waals surface area contributed by atoms with E-state index in [4.69, 9.17) is 4.42 Å². The third-order valence-corrected chi connectivity index (χ3v) is 10.7. The number of anilines is 6. The van der Waals surface area contributed by atoms with Crippen molar-refractivity contribution in [3.05, 3.63) is 176 Å². The van der Waals surface area contributed by atoms with Crippen LogP contribution in [0.2, 0.25) is 0 Å². The molecule has 0 radical (unpaired) electrons. The monoisotopic (exact) mass is 659 g/mol. The maximum atomic E-state index is 6.42. The third kappa shape index (κ3) is 4.55. The molecule has 0 saturated heterocycles. The molecule has 3 heterocycles. The maximum Gasteiger partial charge on any atom is 0.137 e. The molecule has 0 saturated carbocycles. The van der Waals surface area contributed by atoms with Crippen LogP contribution in [0, 0.1) is 0 Å². The number of fused-ring (bicyclic) bond motifs is 7. The van der Waals surface area contributed by atoms with Gasteiger partial charge in [-0.1, -0.05) is 78.9 Å². The molecule has 0 unspecified atom stereocenters. The first-order chi connectivity index (χ1) is 24.8. The zero-order valence-electron chi connectivity index (χ0n) is 26.9. The van der Waals surface area contributed by atoms with Crippen LogP contribution < -0.4 is 9.80 Å². The molecule has 0 bridgehead atoms. The Labute approximate surface area is 292 Å². The summed E-state index contributed by atoms with van der Waals surface area (Å²) in [6.07, 6.45) is 3.84. The van der Waals surface area contributed by atoms with Crippen molar-refractivity contribution in [2.45, 2.75) is 0 Å². The van der Waals surface area contributed by atoms with Gasteiger partial charge in [-0.05, 0) is 90.3 Å². The zero-order chi connectivity index (χ0) is 33.0. The van der Waals surface area contributed by atoms with Gasteiger partial charge in [-0.15, -0.1) is 11.3 Å². The minimum Gasteiger partial charge on any atom is -0.456 e. The molecule has 0 atom stereocenters. The van der Waals surface area contributed by atoms with E-state index in [0.29, 0.717) is 0 Å². The molecular weight excluding hydrogens is 631 g/mol. The Morgan fingerprint density at radius 2 is 1.08 bits per heavy atom. The van der Waals surface area contributed by atoms with Crippen LogP contribution in [0.4, 0.5) is 34.1 Å². The summed E-state index contributed by atoms with van der Waals surface area (Å²) in [6.45, 7) is 0. The van der Waals surface area contributed by atoms with Crippen LogP contribution in [-0.4, -0.2) is 4.98 Å². The van der Waals surface area contributed by atoms with Crippen LogP contribution in [-0.2, 0) is 0 Å². The number of pyridine rings is 1. The van der Waals surface area contributed by atoms with Crippen molar-refractivity contribution in [3.63, 3.8) is 0 Å². The van der Waals surface area contributed by atoms with Gasteiger partial charge >= 0.3 is 0 Å². The summed E-state index contributed by atoms with van der Waals surface area (Å²) in [5, 5.41) is 6.90. The molecule has 0 fully saturated rings. The van der Waals surface area contributed by atoms with Crippen molar-refractivity contribution in [3.8, 4) is 0 Å². The molecule has 236 valence electrons. The maximum absolute atomic E-state index is 6.42. The largest absolute Gasteiger partial charge is 0.456 e. The second-order valence-electron chi connectivity index (χ2n) is 12.4. The highest BCUT2D eigenvalue weighted by Gasteiger charge is 2.26. The summed E-state index contributed by atoms with van der Waals surface area (Å²) in [6, 6.07) is 58.0. The summed E-state index contributed by atoms with van der Waals surface area (Å²) in [7, 11) is 0. The van der Waals surface area contributed by atoms with Crippen LogP contribution >= 0.6 is 11.3 Å². The number of furan rings is 1. The van der Waals surface area contributed by atoms with Gasteiger partial charge in [0.25, 0.3) is 0 Å². The molecule has 0 amide bonds. The first-order valence-electron chi connectivity index (χ1n) is 16.7. The molecule has 10 rings (SSSR count). The van der Waals surface area contributed by atoms with E-state index in [1.54, 1.807) is 0 Å². The number of thiophene rings is 1. The van der Waals surface area contributed by atoms with Gasteiger partial charge in [0.15, 0.2) is 0 Å².